The van der Waals surface area contributed by atoms with Gasteiger partial charge in [0.2, 0.25) is 0 Å². The van der Waals surface area contributed by atoms with Gasteiger partial charge in [0.05, 0.1) is 11.3 Å². The Labute approximate surface area is 203 Å². The molecule has 3 N–H and O–H groups in total. The van der Waals surface area contributed by atoms with E-state index < -0.39 is 12.1 Å². The van der Waals surface area contributed by atoms with Crippen LogP contribution in [-0.4, -0.2) is 71.2 Å². The number of nitrogens with zero attached hydrogens (tertiary/aromatic N) is 2. The second-order valence-corrected chi connectivity index (χ2v) is 7.92. The number of rotatable bonds is 5. The van der Waals surface area contributed by atoms with E-state index in [0.717, 1.165) is 34.6 Å². The maximum absolute atomic E-state index is 12.0. The van der Waals surface area contributed by atoms with E-state index in [-0.39, 0.29) is 18.4 Å². The van der Waals surface area contributed by atoms with Crippen molar-refractivity contribution in [3.63, 3.8) is 0 Å². The summed E-state index contributed by atoms with van der Waals surface area (Å²) in [5.74, 6) is -2.29. The fourth-order valence-corrected chi connectivity index (χ4v) is 3.22. The number of carboxylic acid groups (broad SMARTS) is 1. The number of hydrogen-bond acceptors (Lipinski definition) is 5. The topological polar surface area (TPSA) is 125 Å². The number of carbonyl (C=O) groups excluding carboxylic acids is 2. The van der Waals surface area contributed by atoms with E-state index in [4.69, 9.17) is 14.6 Å². The normalized spacial score (nSPS) is 12.5. The Balaban J connectivity index is 0.000000454. The summed E-state index contributed by atoms with van der Waals surface area (Å²) >= 11 is 0. The minimum atomic E-state index is -5.08. The van der Waals surface area contributed by atoms with Crippen LogP contribution in [0.4, 0.5) is 13.2 Å². The molecule has 0 aliphatic carbocycles. The van der Waals surface area contributed by atoms with Crippen LogP contribution in [0.15, 0.2) is 48.7 Å². The number of halogens is 3. The Kier molecular flexibility index (Phi) is 7.97. The minimum absolute atomic E-state index is 0.0139. The number of pyridine rings is 1. The van der Waals surface area contributed by atoms with Crippen molar-refractivity contribution in [2.45, 2.75) is 12.6 Å². The third-order valence-corrected chi connectivity index (χ3v) is 5.11. The van der Waals surface area contributed by atoms with Gasteiger partial charge in [0.1, 0.15) is 5.75 Å². The lowest BCUT2D eigenvalue weighted by Crippen LogP contribution is -2.31. The standard InChI is InChI=1S/C22H22N4O3.C2HF3O2/c1-26(2)21(27)13-29-16-5-3-4-14(10-16)19-11-15(6-8-23-19)20-12-17-18(25-20)7-9-24-22(17)28;3-2(4,5)1(6)7/h3-6,8,10-12,25H,7,9,13H2,1-2H3,(H,24,28);(H,6,7). The first kappa shape index (κ1) is 26.3. The molecule has 0 saturated heterocycles. The van der Waals surface area contributed by atoms with Crippen molar-refractivity contribution < 1.29 is 37.4 Å². The van der Waals surface area contributed by atoms with Crippen LogP contribution in [0.5, 0.6) is 5.75 Å². The molecular weight excluding hydrogens is 481 g/mol. The molecule has 9 nitrogen and oxygen atoms in total. The first-order valence-corrected chi connectivity index (χ1v) is 10.7. The van der Waals surface area contributed by atoms with E-state index in [9.17, 15) is 22.8 Å². The molecular formula is C24H23F3N4O5. The van der Waals surface area contributed by atoms with Gasteiger partial charge in [0.15, 0.2) is 6.61 Å². The lowest BCUT2D eigenvalue weighted by molar-refractivity contribution is -0.192. The molecule has 0 radical (unpaired) electrons. The number of carboxylic acids is 1. The molecule has 3 heterocycles. The van der Waals surface area contributed by atoms with Crippen molar-refractivity contribution in [2.75, 3.05) is 27.2 Å². The Morgan fingerprint density at radius 3 is 2.50 bits per heavy atom. The molecule has 3 aromatic rings. The van der Waals surface area contributed by atoms with Crippen molar-refractivity contribution in [1.29, 1.82) is 0 Å². The van der Waals surface area contributed by atoms with Crippen LogP contribution in [0, 0.1) is 0 Å². The van der Waals surface area contributed by atoms with Gasteiger partial charge < -0.3 is 25.0 Å². The highest BCUT2D eigenvalue weighted by atomic mass is 19.4. The average Bonchev–Trinajstić information content (AvgIpc) is 3.28. The summed E-state index contributed by atoms with van der Waals surface area (Å²) in [7, 11) is 3.39. The van der Waals surface area contributed by atoms with Crippen LogP contribution in [0.1, 0.15) is 16.1 Å². The summed E-state index contributed by atoms with van der Waals surface area (Å²) in [5.41, 5.74) is 5.17. The molecule has 190 valence electrons. The SMILES string of the molecule is CN(C)C(=O)COc1cccc(-c2cc(-c3cc4c([nH]3)CCNC4=O)ccn2)c1.O=C(O)C(F)(F)F. The summed E-state index contributed by atoms with van der Waals surface area (Å²) in [4.78, 5) is 42.0. The highest BCUT2D eigenvalue weighted by Crippen LogP contribution is 2.28. The van der Waals surface area contributed by atoms with E-state index in [1.165, 1.54) is 4.90 Å². The Morgan fingerprint density at radius 2 is 1.86 bits per heavy atom. The van der Waals surface area contributed by atoms with Crippen LogP contribution in [0.2, 0.25) is 0 Å². The molecule has 2 aromatic heterocycles. The smallest absolute Gasteiger partial charge is 0.484 e. The number of amides is 2. The molecule has 0 spiro atoms. The van der Waals surface area contributed by atoms with E-state index in [0.29, 0.717) is 17.9 Å². The molecule has 36 heavy (non-hydrogen) atoms. The van der Waals surface area contributed by atoms with Gasteiger partial charge in [-0.2, -0.15) is 13.2 Å². The van der Waals surface area contributed by atoms with E-state index in [1.807, 2.05) is 42.5 Å². The number of likely N-dealkylation sites (N-methyl/N-ethyl adjacent to an activating group) is 1. The number of alkyl halides is 3. The fraction of sp³-hybridized carbons (Fsp3) is 0.250. The van der Waals surface area contributed by atoms with Crippen molar-refractivity contribution in [3.8, 4) is 28.3 Å². The third-order valence-electron chi connectivity index (χ3n) is 5.11. The summed E-state index contributed by atoms with van der Waals surface area (Å²) in [6.45, 7) is 0.635. The molecule has 1 aliphatic rings. The fourth-order valence-electron chi connectivity index (χ4n) is 3.22. The number of ether oxygens (including phenoxy) is 1. The maximum atomic E-state index is 12.0. The molecule has 0 fully saturated rings. The first-order valence-electron chi connectivity index (χ1n) is 10.7. The number of H-pyrrole nitrogens is 1. The zero-order valence-corrected chi connectivity index (χ0v) is 19.3. The molecule has 0 saturated carbocycles. The molecule has 4 rings (SSSR count). The van der Waals surface area contributed by atoms with Gasteiger partial charge in [0, 0.05) is 55.8 Å². The quantitative estimate of drug-likeness (QED) is 0.491. The van der Waals surface area contributed by atoms with Crippen molar-refractivity contribution in [2.24, 2.45) is 0 Å². The van der Waals surface area contributed by atoms with Crippen LogP contribution in [-0.2, 0) is 16.0 Å². The van der Waals surface area contributed by atoms with Gasteiger partial charge in [-0.05, 0) is 30.3 Å². The second-order valence-electron chi connectivity index (χ2n) is 7.92. The number of nitrogens with one attached hydrogen (secondary N) is 2. The summed E-state index contributed by atoms with van der Waals surface area (Å²) in [6.07, 6.45) is -2.54. The van der Waals surface area contributed by atoms with Crippen LogP contribution in [0.25, 0.3) is 22.5 Å². The van der Waals surface area contributed by atoms with Crippen molar-refractivity contribution >= 4 is 17.8 Å². The van der Waals surface area contributed by atoms with Crippen LogP contribution >= 0.6 is 0 Å². The van der Waals surface area contributed by atoms with Crippen molar-refractivity contribution in [1.82, 2.24) is 20.2 Å². The lowest BCUT2D eigenvalue weighted by Gasteiger charge is -2.12. The number of aromatic amines is 1. The summed E-state index contributed by atoms with van der Waals surface area (Å²) in [6, 6.07) is 13.3. The molecule has 12 heteroatoms. The Morgan fingerprint density at radius 1 is 1.14 bits per heavy atom. The van der Waals surface area contributed by atoms with E-state index in [2.05, 4.69) is 15.3 Å². The molecule has 1 aliphatic heterocycles. The number of aliphatic carboxylic acids is 1. The predicted molar refractivity (Wildman–Crippen MR) is 123 cm³/mol. The average molecular weight is 504 g/mol. The minimum Gasteiger partial charge on any atom is -0.484 e. The van der Waals surface area contributed by atoms with Gasteiger partial charge in [-0.1, -0.05) is 12.1 Å². The van der Waals surface area contributed by atoms with Gasteiger partial charge in [0.25, 0.3) is 11.8 Å². The largest absolute Gasteiger partial charge is 0.490 e. The van der Waals surface area contributed by atoms with E-state index in [1.54, 1.807) is 20.3 Å². The third kappa shape index (κ3) is 6.62. The number of carbonyl (C=O) groups is 3. The highest BCUT2D eigenvalue weighted by Gasteiger charge is 2.38. The Hall–Kier alpha value is -4.35. The molecule has 0 bridgehead atoms. The highest BCUT2D eigenvalue weighted by molar-refractivity contribution is 5.97. The maximum Gasteiger partial charge on any atom is 0.490 e. The van der Waals surface area contributed by atoms with Crippen LogP contribution in [0.3, 0.4) is 0 Å². The summed E-state index contributed by atoms with van der Waals surface area (Å²) < 4.78 is 37.3. The molecule has 0 unspecified atom stereocenters. The molecule has 1 aromatic carbocycles. The second kappa shape index (κ2) is 10.9. The zero-order valence-electron chi connectivity index (χ0n) is 19.3. The van der Waals surface area contributed by atoms with Gasteiger partial charge in [-0.25, -0.2) is 4.79 Å². The number of benzene rings is 1. The monoisotopic (exact) mass is 504 g/mol. The van der Waals surface area contributed by atoms with Gasteiger partial charge in [-0.3, -0.25) is 14.6 Å². The van der Waals surface area contributed by atoms with Gasteiger partial charge >= 0.3 is 12.1 Å². The zero-order chi connectivity index (χ0) is 26.5. The molecule has 2 amide bonds. The van der Waals surface area contributed by atoms with Crippen LogP contribution < -0.4 is 10.1 Å². The summed E-state index contributed by atoms with van der Waals surface area (Å²) in [5, 5.41) is 9.99. The number of aromatic nitrogens is 2. The van der Waals surface area contributed by atoms with E-state index >= 15 is 0 Å². The first-order chi connectivity index (χ1) is 17.0. The van der Waals surface area contributed by atoms with Crippen molar-refractivity contribution in [3.05, 3.63) is 59.9 Å². The Bertz CT molecular complexity index is 1270. The predicted octanol–water partition coefficient (Wildman–Crippen LogP) is 3.13. The van der Waals surface area contributed by atoms with Gasteiger partial charge in [-0.15, -0.1) is 0 Å². The number of hydrogen-bond donors (Lipinski definition) is 3. The molecule has 0 atom stereocenters. The number of fused-ring (bicyclic) bond motifs is 1. The lowest BCUT2D eigenvalue weighted by atomic mass is 10.1.